The molecule has 1 aliphatic heterocycles. The molecule has 1 unspecified atom stereocenters. The number of nitrogens with one attached hydrogen (secondary N) is 2. The lowest BCUT2D eigenvalue weighted by atomic mass is 10.2. The first-order valence-electron chi connectivity index (χ1n) is 7.83. The number of aromatic nitrogens is 2. The molecule has 1 saturated heterocycles. The first-order valence-corrected chi connectivity index (χ1v) is 7.83. The molecule has 2 N–H and O–H groups in total. The summed E-state index contributed by atoms with van der Waals surface area (Å²) in [6.45, 7) is 2.78. The molecule has 0 saturated carbocycles. The molecule has 0 aliphatic carbocycles. The highest BCUT2D eigenvalue weighted by molar-refractivity contribution is 5.85. The van der Waals surface area contributed by atoms with Crippen molar-refractivity contribution in [3.8, 4) is 0 Å². The van der Waals surface area contributed by atoms with Crippen molar-refractivity contribution in [2.24, 2.45) is 0 Å². The summed E-state index contributed by atoms with van der Waals surface area (Å²) in [5.74, 6) is -2.28. The molecule has 2 heterocycles. The standard InChI is InChI=1S/C16H20F2N4O.2ClH/c1-2-22-13-6-4-3-5-11(13)21-14(22)7-8-19-15(23)12-9-16(17,18)10-20-12;;/h3-6,12,20H,2,7-10H2,1H3,(H,19,23);2*1H. The number of carbonyl (C=O) groups excluding carboxylic acids is 1. The van der Waals surface area contributed by atoms with E-state index in [1.54, 1.807) is 0 Å². The molecule has 1 atom stereocenters. The van der Waals surface area contributed by atoms with Gasteiger partial charge in [-0.25, -0.2) is 13.8 Å². The van der Waals surface area contributed by atoms with Gasteiger partial charge >= 0.3 is 0 Å². The number of imidazole rings is 1. The van der Waals surface area contributed by atoms with Crippen molar-refractivity contribution in [2.45, 2.75) is 38.3 Å². The van der Waals surface area contributed by atoms with Crippen LogP contribution in [0.2, 0.25) is 0 Å². The number of benzene rings is 1. The Morgan fingerprint density at radius 2 is 2.12 bits per heavy atom. The van der Waals surface area contributed by atoms with Crippen LogP contribution in [0, 0.1) is 0 Å². The highest BCUT2D eigenvalue weighted by Gasteiger charge is 2.42. The van der Waals surface area contributed by atoms with Gasteiger partial charge in [-0.15, -0.1) is 24.8 Å². The maximum atomic E-state index is 13.1. The summed E-state index contributed by atoms with van der Waals surface area (Å²) in [6, 6.07) is 7.06. The fourth-order valence-corrected chi connectivity index (χ4v) is 2.99. The van der Waals surface area contributed by atoms with E-state index in [0.29, 0.717) is 13.0 Å². The molecule has 5 nitrogen and oxygen atoms in total. The van der Waals surface area contributed by atoms with E-state index in [0.717, 1.165) is 23.4 Å². The topological polar surface area (TPSA) is 59.0 Å². The third kappa shape index (κ3) is 4.80. The van der Waals surface area contributed by atoms with Crippen molar-refractivity contribution < 1.29 is 13.6 Å². The van der Waals surface area contributed by atoms with Gasteiger partial charge in [0, 0.05) is 25.9 Å². The number of nitrogens with zero attached hydrogens (tertiary/aromatic N) is 2. The van der Waals surface area contributed by atoms with Gasteiger partial charge in [-0.2, -0.15) is 0 Å². The first kappa shape index (κ1) is 21.6. The van der Waals surface area contributed by atoms with E-state index < -0.39 is 24.9 Å². The minimum Gasteiger partial charge on any atom is -0.354 e. The number of halogens is 4. The number of hydrogen-bond donors (Lipinski definition) is 2. The number of alkyl halides is 2. The molecule has 1 fully saturated rings. The summed E-state index contributed by atoms with van der Waals surface area (Å²) < 4.78 is 28.3. The lowest BCUT2D eigenvalue weighted by Gasteiger charge is -2.11. The normalized spacial score (nSPS) is 18.4. The van der Waals surface area contributed by atoms with Crippen molar-refractivity contribution in [3.05, 3.63) is 30.1 Å². The molecule has 1 aromatic heterocycles. The van der Waals surface area contributed by atoms with E-state index >= 15 is 0 Å². The average molecular weight is 395 g/mol. The quantitative estimate of drug-likeness (QED) is 0.818. The number of amides is 1. The Kier molecular flexibility index (Phi) is 7.59. The van der Waals surface area contributed by atoms with Crippen LogP contribution < -0.4 is 10.6 Å². The summed E-state index contributed by atoms with van der Waals surface area (Å²) in [5, 5.41) is 5.27. The molecule has 2 aromatic rings. The number of fused-ring (bicyclic) bond motifs is 1. The van der Waals surface area contributed by atoms with Gasteiger partial charge in [-0.3, -0.25) is 10.1 Å². The maximum absolute atomic E-state index is 13.1. The monoisotopic (exact) mass is 394 g/mol. The Bertz CT molecular complexity index is 723. The van der Waals surface area contributed by atoms with Crippen LogP contribution in [0.15, 0.2) is 24.3 Å². The van der Waals surface area contributed by atoms with Crippen LogP contribution in [0.1, 0.15) is 19.2 Å². The highest BCUT2D eigenvalue weighted by atomic mass is 35.5. The molecule has 25 heavy (non-hydrogen) atoms. The number of carbonyl (C=O) groups is 1. The minimum absolute atomic E-state index is 0. The molecule has 0 radical (unpaired) electrons. The van der Waals surface area contributed by atoms with E-state index in [-0.39, 0.29) is 30.7 Å². The largest absolute Gasteiger partial charge is 0.354 e. The van der Waals surface area contributed by atoms with Crippen LogP contribution in [0.5, 0.6) is 0 Å². The second-order valence-corrected chi connectivity index (χ2v) is 5.80. The van der Waals surface area contributed by atoms with Crippen molar-refractivity contribution in [2.75, 3.05) is 13.1 Å². The van der Waals surface area contributed by atoms with E-state index in [4.69, 9.17) is 0 Å². The molecule has 140 valence electrons. The molecular weight excluding hydrogens is 373 g/mol. The third-order valence-corrected chi connectivity index (χ3v) is 4.12. The lowest BCUT2D eigenvalue weighted by molar-refractivity contribution is -0.123. The summed E-state index contributed by atoms with van der Waals surface area (Å²) in [4.78, 5) is 16.5. The van der Waals surface area contributed by atoms with E-state index in [1.807, 2.05) is 31.2 Å². The van der Waals surface area contributed by atoms with Crippen LogP contribution in [-0.4, -0.2) is 40.5 Å². The van der Waals surface area contributed by atoms with Crippen LogP contribution in [0.25, 0.3) is 11.0 Å². The van der Waals surface area contributed by atoms with Crippen molar-refractivity contribution in [3.63, 3.8) is 0 Å². The van der Waals surface area contributed by atoms with Gasteiger partial charge in [0.2, 0.25) is 5.91 Å². The SMILES string of the molecule is CCn1c(CCNC(=O)C2CC(F)(F)CN2)nc2ccccc21.Cl.Cl. The van der Waals surface area contributed by atoms with Crippen LogP contribution in [0.3, 0.4) is 0 Å². The summed E-state index contributed by atoms with van der Waals surface area (Å²) in [6.07, 6.45) is 0.129. The Morgan fingerprint density at radius 3 is 2.76 bits per heavy atom. The van der Waals surface area contributed by atoms with Crippen molar-refractivity contribution in [1.29, 1.82) is 0 Å². The number of para-hydroxylation sites is 2. The molecule has 3 rings (SSSR count). The number of rotatable bonds is 5. The predicted octanol–water partition coefficient (Wildman–Crippen LogP) is 2.56. The lowest BCUT2D eigenvalue weighted by Crippen LogP contribution is -2.41. The summed E-state index contributed by atoms with van der Waals surface area (Å²) in [7, 11) is 0. The predicted molar refractivity (Wildman–Crippen MR) is 98.0 cm³/mol. The fourth-order valence-electron chi connectivity index (χ4n) is 2.99. The van der Waals surface area contributed by atoms with Gasteiger partial charge in [-0.1, -0.05) is 12.1 Å². The van der Waals surface area contributed by atoms with Crippen LogP contribution >= 0.6 is 24.8 Å². The molecule has 1 aliphatic rings. The Labute approximate surface area is 157 Å². The second-order valence-electron chi connectivity index (χ2n) is 5.80. The van der Waals surface area contributed by atoms with E-state index in [1.165, 1.54) is 0 Å². The molecule has 1 amide bonds. The van der Waals surface area contributed by atoms with E-state index in [2.05, 4.69) is 20.2 Å². The summed E-state index contributed by atoms with van der Waals surface area (Å²) in [5.41, 5.74) is 1.99. The molecule has 9 heteroatoms. The Balaban J connectivity index is 0.00000156. The van der Waals surface area contributed by atoms with Gasteiger partial charge in [0.25, 0.3) is 5.92 Å². The van der Waals surface area contributed by atoms with E-state index in [9.17, 15) is 13.6 Å². The van der Waals surface area contributed by atoms with Gasteiger partial charge in [-0.05, 0) is 19.1 Å². The zero-order valence-corrected chi connectivity index (χ0v) is 15.4. The Morgan fingerprint density at radius 1 is 1.40 bits per heavy atom. The minimum atomic E-state index is -2.79. The smallest absolute Gasteiger partial charge is 0.262 e. The van der Waals surface area contributed by atoms with Gasteiger partial charge in [0.05, 0.1) is 23.6 Å². The molecule has 1 aromatic carbocycles. The van der Waals surface area contributed by atoms with Crippen molar-refractivity contribution >= 4 is 41.8 Å². The molecule has 0 spiro atoms. The molecule has 0 bridgehead atoms. The van der Waals surface area contributed by atoms with Gasteiger partial charge < -0.3 is 9.88 Å². The number of hydrogen-bond acceptors (Lipinski definition) is 3. The van der Waals surface area contributed by atoms with Gasteiger partial charge in [0.1, 0.15) is 5.82 Å². The zero-order valence-electron chi connectivity index (χ0n) is 13.8. The number of aryl methyl sites for hydroxylation is 1. The Hall–Kier alpha value is -1.44. The molecular formula is C16H22Cl2F2N4O. The second kappa shape index (κ2) is 8.78. The summed E-state index contributed by atoms with van der Waals surface area (Å²) >= 11 is 0. The van der Waals surface area contributed by atoms with Gasteiger partial charge in [0.15, 0.2) is 0 Å². The van der Waals surface area contributed by atoms with Crippen LogP contribution in [0.4, 0.5) is 8.78 Å². The maximum Gasteiger partial charge on any atom is 0.262 e. The first-order chi connectivity index (χ1) is 11.0. The fraction of sp³-hybridized carbons (Fsp3) is 0.500. The highest BCUT2D eigenvalue weighted by Crippen LogP contribution is 2.25. The zero-order chi connectivity index (χ0) is 16.4. The third-order valence-electron chi connectivity index (χ3n) is 4.12. The van der Waals surface area contributed by atoms with Crippen LogP contribution in [-0.2, 0) is 17.8 Å². The van der Waals surface area contributed by atoms with Crippen molar-refractivity contribution in [1.82, 2.24) is 20.2 Å². The average Bonchev–Trinajstić information content (AvgIpc) is 3.06.